The number of rotatable bonds is 4. The minimum atomic E-state index is -0.545. The van der Waals surface area contributed by atoms with Gasteiger partial charge in [-0.05, 0) is 0 Å². The van der Waals surface area contributed by atoms with Crippen LogP contribution in [0.3, 0.4) is 0 Å². The SMILES string of the molecule is [3H]CC(=O)N(CC[N+]#[C-])CC(=O)OC. The third kappa shape index (κ3) is 4.80. The molecule has 0 atom stereocenters. The monoisotopic (exact) mass is 186 g/mol. The van der Waals surface area contributed by atoms with Crippen LogP contribution in [0.15, 0.2) is 0 Å². The minimum absolute atomic E-state index is 0.128. The Kier molecular flexibility index (Phi) is 4.39. The number of amides is 1. The summed E-state index contributed by atoms with van der Waals surface area (Å²) < 4.78 is 11.2. The van der Waals surface area contributed by atoms with Crippen LogP contribution in [-0.4, -0.2) is 43.5 Å². The van der Waals surface area contributed by atoms with Gasteiger partial charge in [0.2, 0.25) is 12.5 Å². The van der Waals surface area contributed by atoms with Crippen molar-refractivity contribution in [3.8, 4) is 0 Å². The number of methoxy groups -OCH3 is 1. The van der Waals surface area contributed by atoms with Crippen molar-refractivity contribution in [3.05, 3.63) is 11.4 Å². The van der Waals surface area contributed by atoms with Crippen LogP contribution in [0.25, 0.3) is 4.85 Å². The molecule has 72 valence electrons. The van der Waals surface area contributed by atoms with Crippen molar-refractivity contribution in [1.82, 2.24) is 4.90 Å². The van der Waals surface area contributed by atoms with Gasteiger partial charge in [0.25, 0.3) is 0 Å². The van der Waals surface area contributed by atoms with Crippen molar-refractivity contribution in [2.45, 2.75) is 6.90 Å². The third-order valence-electron chi connectivity index (χ3n) is 1.38. The highest BCUT2D eigenvalue weighted by Gasteiger charge is 2.13. The number of nitrogens with zero attached hydrogens (tertiary/aromatic N) is 2. The summed E-state index contributed by atoms with van der Waals surface area (Å²) in [7, 11) is 1.22. The molecule has 5 nitrogen and oxygen atoms in total. The molecule has 0 fully saturated rings. The number of carbonyl (C=O) groups excluding carboxylic acids is 2. The van der Waals surface area contributed by atoms with E-state index in [0.717, 1.165) is 4.90 Å². The molecule has 13 heavy (non-hydrogen) atoms. The quantitative estimate of drug-likeness (QED) is 0.456. The summed E-state index contributed by atoms with van der Waals surface area (Å²) in [6.07, 6.45) is 0. The maximum atomic E-state index is 11.1. The van der Waals surface area contributed by atoms with Crippen LogP contribution >= 0.6 is 0 Å². The van der Waals surface area contributed by atoms with Crippen molar-refractivity contribution in [3.63, 3.8) is 0 Å². The minimum Gasteiger partial charge on any atom is -0.468 e. The van der Waals surface area contributed by atoms with E-state index in [2.05, 4.69) is 9.58 Å². The fourth-order valence-corrected chi connectivity index (χ4v) is 0.683. The van der Waals surface area contributed by atoms with Gasteiger partial charge in [0, 0.05) is 8.27 Å². The van der Waals surface area contributed by atoms with Gasteiger partial charge < -0.3 is 14.5 Å². The molecule has 0 saturated carbocycles. The Morgan fingerprint density at radius 2 is 2.38 bits per heavy atom. The Morgan fingerprint density at radius 3 is 2.85 bits per heavy atom. The predicted molar refractivity (Wildman–Crippen MR) is 45.7 cm³/mol. The Hall–Kier alpha value is -1.57. The molecule has 0 bridgehead atoms. The highest BCUT2D eigenvalue weighted by atomic mass is 16.5. The van der Waals surface area contributed by atoms with E-state index in [4.69, 9.17) is 7.94 Å². The van der Waals surface area contributed by atoms with Gasteiger partial charge >= 0.3 is 5.97 Å². The first-order chi connectivity index (χ1) is 6.65. The number of ether oxygens (including phenoxy) is 1. The van der Waals surface area contributed by atoms with E-state index in [9.17, 15) is 9.59 Å². The van der Waals surface area contributed by atoms with Crippen LogP contribution in [0, 0.1) is 6.57 Å². The Balaban J connectivity index is 4.18. The van der Waals surface area contributed by atoms with E-state index in [1.54, 1.807) is 0 Å². The van der Waals surface area contributed by atoms with Gasteiger partial charge in [-0.1, -0.05) is 0 Å². The van der Waals surface area contributed by atoms with E-state index < -0.39 is 18.8 Å². The normalized spacial score (nSPS) is 9.69. The highest BCUT2D eigenvalue weighted by molar-refractivity contribution is 5.80. The van der Waals surface area contributed by atoms with Gasteiger partial charge in [-0.15, -0.1) is 0 Å². The summed E-state index contributed by atoms with van der Waals surface area (Å²) in [6.45, 7) is 6.22. The summed E-state index contributed by atoms with van der Waals surface area (Å²) in [6, 6.07) is 0. The van der Waals surface area contributed by atoms with Crippen LogP contribution in [0.5, 0.6) is 0 Å². The average Bonchev–Trinajstić information content (AvgIpc) is 2.22. The van der Waals surface area contributed by atoms with E-state index in [0.29, 0.717) is 0 Å². The van der Waals surface area contributed by atoms with E-state index in [1.807, 2.05) is 0 Å². The maximum absolute atomic E-state index is 11.1. The van der Waals surface area contributed by atoms with Crippen LogP contribution in [0.2, 0.25) is 0 Å². The van der Waals surface area contributed by atoms with Gasteiger partial charge in [0.05, 0.1) is 13.7 Å². The molecule has 0 unspecified atom stereocenters. The lowest BCUT2D eigenvalue weighted by molar-refractivity contribution is -0.146. The fourth-order valence-electron chi connectivity index (χ4n) is 0.683. The van der Waals surface area contributed by atoms with Gasteiger partial charge in [-0.2, -0.15) is 0 Å². The van der Waals surface area contributed by atoms with Crippen LogP contribution in [0.1, 0.15) is 8.27 Å². The smallest absolute Gasteiger partial charge is 0.325 e. The molecule has 0 heterocycles. The molecule has 0 aliphatic heterocycles. The maximum Gasteiger partial charge on any atom is 0.325 e. The first-order valence-corrected chi connectivity index (χ1v) is 3.62. The Morgan fingerprint density at radius 1 is 1.69 bits per heavy atom. The average molecular weight is 186 g/mol. The molecular weight excluding hydrogens is 172 g/mol. The summed E-state index contributed by atoms with van der Waals surface area (Å²) in [5, 5.41) is 0. The van der Waals surface area contributed by atoms with Gasteiger partial charge in [-0.25, -0.2) is 6.57 Å². The zero-order valence-electron chi connectivity index (χ0n) is 8.45. The van der Waals surface area contributed by atoms with E-state index in [1.165, 1.54) is 7.11 Å². The van der Waals surface area contributed by atoms with E-state index >= 15 is 0 Å². The molecule has 0 N–H and O–H groups in total. The van der Waals surface area contributed by atoms with Crippen molar-refractivity contribution in [2.24, 2.45) is 0 Å². The zero-order chi connectivity index (χ0) is 11.0. The summed E-state index contributed by atoms with van der Waals surface area (Å²) in [5.41, 5.74) is 0. The van der Waals surface area contributed by atoms with Crippen LogP contribution in [-0.2, 0) is 14.3 Å². The summed E-state index contributed by atoms with van der Waals surface area (Å²) in [5.74, 6) is -1.02. The first kappa shape index (κ1) is 9.52. The molecular formula is C8H12N2O3. The zero-order valence-corrected chi connectivity index (χ0v) is 7.45. The van der Waals surface area contributed by atoms with Gasteiger partial charge in [-0.3, -0.25) is 9.59 Å². The predicted octanol–water partition coefficient (Wildman–Crippen LogP) is -0.0728. The second-order valence-electron chi connectivity index (χ2n) is 2.27. The molecule has 0 aliphatic carbocycles. The van der Waals surface area contributed by atoms with Crippen LogP contribution < -0.4 is 0 Å². The van der Waals surface area contributed by atoms with Crippen LogP contribution in [0.4, 0.5) is 0 Å². The van der Waals surface area contributed by atoms with Gasteiger partial charge in [0.1, 0.15) is 6.54 Å². The van der Waals surface area contributed by atoms with Gasteiger partial charge in [0.15, 0.2) is 0 Å². The number of carbonyl (C=O) groups is 2. The second kappa shape index (κ2) is 6.00. The second-order valence-corrected chi connectivity index (χ2v) is 2.27. The fraction of sp³-hybridized carbons (Fsp3) is 0.625. The van der Waals surface area contributed by atoms with Crippen molar-refractivity contribution in [1.29, 1.82) is 0 Å². The largest absolute Gasteiger partial charge is 0.468 e. The molecule has 0 aliphatic rings. The van der Waals surface area contributed by atoms with Crippen molar-refractivity contribution < 1.29 is 15.7 Å². The Bertz CT molecular complexity index is 249. The molecule has 0 aromatic heterocycles. The standard InChI is InChI=1S/C8H12N2O3/c1-7(11)10(5-4-9-2)6-8(12)13-3/h4-6H2,1,3H3/i1T. The summed E-state index contributed by atoms with van der Waals surface area (Å²) in [4.78, 5) is 26.2. The third-order valence-corrected chi connectivity index (χ3v) is 1.38. The molecule has 1 amide bonds. The van der Waals surface area contributed by atoms with Crippen molar-refractivity contribution in [2.75, 3.05) is 26.7 Å². The Labute approximate surface area is 78.5 Å². The number of hydrogen-bond donors (Lipinski definition) is 0. The molecule has 5 heteroatoms. The summed E-state index contributed by atoms with van der Waals surface area (Å²) >= 11 is 0. The lowest BCUT2D eigenvalue weighted by Crippen LogP contribution is -2.36. The number of hydrogen-bond acceptors (Lipinski definition) is 3. The molecule has 0 radical (unpaired) electrons. The number of esters is 1. The molecule has 0 aromatic carbocycles. The lowest BCUT2D eigenvalue weighted by atomic mass is 10.4. The van der Waals surface area contributed by atoms with Crippen molar-refractivity contribution >= 4 is 11.9 Å². The molecule has 0 saturated heterocycles. The first-order valence-electron chi connectivity index (χ1n) is 4.33. The molecule has 0 aromatic rings. The highest BCUT2D eigenvalue weighted by Crippen LogP contribution is 1.91. The van der Waals surface area contributed by atoms with E-state index in [-0.39, 0.29) is 19.6 Å². The topological polar surface area (TPSA) is 51.0 Å². The molecule has 0 spiro atoms. The molecule has 0 rings (SSSR count). The lowest BCUT2D eigenvalue weighted by Gasteiger charge is -2.16.